The van der Waals surface area contributed by atoms with E-state index in [1.807, 2.05) is 18.4 Å². The summed E-state index contributed by atoms with van der Waals surface area (Å²) in [6.07, 6.45) is 15.0. The summed E-state index contributed by atoms with van der Waals surface area (Å²) in [5.74, 6) is 0. The molecule has 0 aromatic heterocycles. The maximum atomic E-state index is 4.71. The van der Waals surface area contributed by atoms with Crippen LogP contribution in [0.25, 0.3) is 33.5 Å². The van der Waals surface area contributed by atoms with Crippen molar-refractivity contribution in [2.75, 3.05) is 0 Å². The summed E-state index contributed by atoms with van der Waals surface area (Å²) in [5, 5.41) is 2.52. The van der Waals surface area contributed by atoms with Crippen LogP contribution in [0.1, 0.15) is 30.0 Å². The van der Waals surface area contributed by atoms with Gasteiger partial charge in [0.1, 0.15) is 0 Å². The third kappa shape index (κ3) is 4.49. The molecule has 0 N–H and O–H groups in total. The van der Waals surface area contributed by atoms with E-state index in [1.165, 1.54) is 44.2 Å². The first-order chi connectivity index (χ1) is 16.3. The van der Waals surface area contributed by atoms with Gasteiger partial charge in [-0.25, -0.2) is 0 Å². The number of nitrogens with zero attached hydrogens (tertiary/aromatic N) is 1. The van der Waals surface area contributed by atoms with Gasteiger partial charge in [-0.1, -0.05) is 97.1 Å². The van der Waals surface area contributed by atoms with Crippen LogP contribution in [-0.4, -0.2) is 6.21 Å². The fourth-order valence-electron chi connectivity index (χ4n) is 4.57. The highest BCUT2D eigenvalue weighted by atomic mass is 14.7. The summed E-state index contributed by atoms with van der Waals surface area (Å²) in [5.41, 5.74) is 8.65. The van der Waals surface area contributed by atoms with Gasteiger partial charge in [-0.05, 0) is 82.1 Å². The predicted octanol–water partition coefficient (Wildman–Crippen LogP) is 8.83. The Bertz CT molecular complexity index is 1410. The van der Waals surface area contributed by atoms with Crippen LogP contribution in [0, 0.1) is 0 Å². The van der Waals surface area contributed by atoms with Gasteiger partial charge in [-0.3, -0.25) is 4.99 Å². The van der Waals surface area contributed by atoms with Crippen molar-refractivity contribution in [2.45, 2.75) is 19.8 Å². The van der Waals surface area contributed by atoms with Crippen LogP contribution in [0.2, 0.25) is 0 Å². The Morgan fingerprint density at radius 2 is 1.73 bits per heavy atom. The summed E-state index contributed by atoms with van der Waals surface area (Å²) < 4.78 is 0. The Balaban J connectivity index is 1.38. The van der Waals surface area contributed by atoms with Crippen LogP contribution in [0.15, 0.2) is 114 Å². The maximum absolute atomic E-state index is 4.71. The molecule has 0 atom stereocenters. The van der Waals surface area contributed by atoms with E-state index in [9.17, 15) is 0 Å². The number of allylic oxidation sites excluding steroid dienone is 5. The Labute approximate surface area is 196 Å². The molecule has 1 heteroatoms. The first kappa shape index (κ1) is 20.9. The summed E-state index contributed by atoms with van der Waals surface area (Å²) >= 11 is 0. The lowest BCUT2D eigenvalue weighted by Gasteiger charge is -2.15. The summed E-state index contributed by atoms with van der Waals surface area (Å²) in [6, 6.07) is 30.0. The molecule has 5 rings (SSSR count). The van der Waals surface area contributed by atoms with Gasteiger partial charge in [0.15, 0.2) is 0 Å². The molecular formula is C32H27N. The van der Waals surface area contributed by atoms with Crippen molar-refractivity contribution in [3.05, 3.63) is 126 Å². The topological polar surface area (TPSA) is 12.4 Å². The van der Waals surface area contributed by atoms with Gasteiger partial charge in [0, 0.05) is 6.21 Å². The van der Waals surface area contributed by atoms with Crippen molar-refractivity contribution < 1.29 is 0 Å². The second kappa shape index (κ2) is 9.67. The van der Waals surface area contributed by atoms with E-state index in [4.69, 9.17) is 4.99 Å². The van der Waals surface area contributed by atoms with Gasteiger partial charge < -0.3 is 0 Å². The van der Waals surface area contributed by atoms with Crippen molar-refractivity contribution in [3.63, 3.8) is 0 Å². The Morgan fingerprint density at radius 1 is 0.879 bits per heavy atom. The minimum atomic E-state index is 0.951. The minimum Gasteiger partial charge on any atom is -0.257 e. The minimum absolute atomic E-state index is 0.951. The molecule has 0 unspecified atom stereocenters. The number of fused-ring (bicyclic) bond motifs is 2. The molecular weight excluding hydrogens is 398 g/mol. The molecule has 160 valence electrons. The van der Waals surface area contributed by atoms with Crippen LogP contribution in [-0.2, 0) is 6.42 Å². The SMILES string of the molecule is C\C=C(/C=C\C=N\c1cccc(-c2cccc3ccccc23)c1)c1cccc2c1C=CCC2. The molecule has 0 saturated heterocycles. The number of hydrogen-bond donors (Lipinski definition) is 0. The molecule has 4 aromatic carbocycles. The quantitative estimate of drug-likeness (QED) is 0.224. The van der Waals surface area contributed by atoms with E-state index in [-0.39, 0.29) is 0 Å². The van der Waals surface area contributed by atoms with Gasteiger partial charge in [0.2, 0.25) is 0 Å². The zero-order chi connectivity index (χ0) is 22.5. The van der Waals surface area contributed by atoms with Gasteiger partial charge in [-0.15, -0.1) is 0 Å². The monoisotopic (exact) mass is 425 g/mol. The lowest BCUT2D eigenvalue weighted by atomic mass is 9.89. The molecule has 4 aromatic rings. The molecule has 1 aliphatic carbocycles. The lowest BCUT2D eigenvalue weighted by Crippen LogP contribution is -1.98. The molecule has 0 radical (unpaired) electrons. The van der Waals surface area contributed by atoms with Crippen LogP contribution in [0.3, 0.4) is 0 Å². The Morgan fingerprint density at radius 3 is 2.67 bits per heavy atom. The van der Waals surface area contributed by atoms with Crippen LogP contribution >= 0.6 is 0 Å². The van der Waals surface area contributed by atoms with E-state index in [0.717, 1.165) is 18.5 Å². The predicted molar refractivity (Wildman–Crippen MR) is 144 cm³/mol. The van der Waals surface area contributed by atoms with Crippen molar-refractivity contribution in [2.24, 2.45) is 4.99 Å². The molecule has 1 nitrogen and oxygen atoms in total. The fraction of sp³-hybridized carbons (Fsp3) is 0.0938. The van der Waals surface area contributed by atoms with E-state index < -0.39 is 0 Å². The van der Waals surface area contributed by atoms with Gasteiger partial charge in [0.05, 0.1) is 5.69 Å². The summed E-state index contributed by atoms with van der Waals surface area (Å²) in [4.78, 5) is 4.71. The Kier molecular flexibility index (Phi) is 6.12. The van der Waals surface area contributed by atoms with E-state index >= 15 is 0 Å². The summed E-state index contributed by atoms with van der Waals surface area (Å²) in [7, 11) is 0. The van der Waals surface area contributed by atoms with E-state index in [1.54, 1.807) is 0 Å². The average Bonchev–Trinajstić information content (AvgIpc) is 2.88. The molecule has 1 aliphatic rings. The number of aliphatic imine (C=N–C) groups is 1. The van der Waals surface area contributed by atoms with E-state index in [0.29, 0.717) is 0 Å². The van der Waals surface area contributed by atoms with Crippen LogP contribution in [0.4, 0.5) is 5.69 Å². The lowest BCUT2D eigenvalue weighted by molar-refractivity contribution is 0.984. The van der Waals surface area contributed by atoms with Crippen molar-refractivity contribution in [1.29, 1.82) is 0 Å². The first-order valence-electron chi connectivity index (χ1n) is 11.6. The molecule has 0 spiro atoms. The van der Waals surface area contributed by atoms with Crippen molar-refractivity contribution >= 4 is 34.3 Å². The van der Waals surface area contributed by atoms with Crippen molar-refractivity contribution in [1.82, 2.24) is 0 Å². The van der Waals surface area contributed by atoms with E-state index in [2.05, 4.69) is 110 Å². The zero-order valence-electron chi connectivity index (χ0n) is 18.9. The number of hydrogen-bond acceptors (Lipinski definition) is 1. The van der Waals surface area contributed by atoms with Gasteiger partial charge >= 0.3 is 0 Å². The molecule has 0 saturated carbocycles. The fourth-order valence-corrected chi connectivity index (χ4v) is 4.57. The molecule has 0 amide bonds. The second-order valence-corrected chi connectivity index (χ2v) is 8.28. The number of aryl methyl sites for hydroxylation is 1. The molecule has 0 bridgehead atoms. The Hall–Kier alpha value is -3.97. The third-order valence-electron chi connectivity index (χ3n) is 6.22. The number of rotatable bonds is 5. The standard InChI is InChI=1S/C32H27N/c1-2-24(29-20-8-13-25-11-3-5-18-30(25)29)16-10-22-33-28-17-7-15-27(23-28)32-21-9-14-26-12-4-6-19-31(26)32/h2,4-10,12-23H,3,11H2,1H3/b16-10-,24-2+,33-22+. The average molecular weight is 426 g/mol. The highest BCUT2D eigenvalue weighted by Crippen LogP contribution is 2.31. The third-order valence-corrected chi connectivity index (χ3v) is 6.22. The van der Waals surface area contributed by atoms with Gasteiger partial charge in [0.25, 0.3) is 0 Å². The molecule has 0 heterocycles. The summed E-state index contributed by atoms with van der Waals surface area (Å²) in [6.45, 7) is 2.09. The normalized spacial score (nSPS) is 13.8. The van der Waals surface area contributed by atoms with Crippen LogP contribution in [0.5, 0.6) is 0 Å². The highest BCUT2D eigenvalue weighted by Gasteiger charge is 2.10. The number of benzene rings is 4. The largest absolute Gasteiger partial charge is 0.257 e. The van der Waals surface area contributed by atoms with Crippen LogP contribution < -0.4 is 0 Å². The zero-order valence-corrected chi connectivity index (χ0v) is 18.9. The highest BCUT2D eigenvalue weighted by molar-refractivity contribution is 5.97. The smallest absolute Gasteiger partial charge is 0.0635 e. The van der Waals surface area contributed by atoms with Gasteiger partial charge in [-0.2, -0.15) is 0 Å². The second-order valence-electron chi connectivity index (χ2n) is 8.28. The molecule has 33 heavy (non-hydrogen) atoms. The van der Waals surface area contributed by atoms with Crippen molar-refractivity contribution in [3.8, 4) is 11.1 Å². The molecule has 0 aliphatic heterocycles. The maximum Gasteiger partial charge on any atom is 0.0635 e. The molecule has 0 fully saturated rings. The first-order valence-corrected chi connectivity index (χ1v) is 11.6.